The molecule has 0 atom stereocenters. The number of halogens is 2. The summed E-state index contributed by atoms with van der Waals surface area (Å²) in [4.78, 5) is 12.1. The Morgan fingerprint density at radius 3 is 2.67 bits per heavy atom. The predicted molar refractivity (Wildman–Crippen MR) is 80.2 cm³/mol. The third kappa shape index (κ3) is 4.23. The molecule has 0 aliphatic rings. The smallest absolute Gasteiger partial charge is 0.387 e. The van der Waals surface area contributed by atoms with Gasteiger partial charge in [0, 0.05) is 12.1 Å². The highest BCUT2D eigenvalue weighted by molar-refractivity contribution is 5.92. The number of hydrogen-bond donors (Lipinski definition) is 2. The number of benzene rings is 1. The third-order valence-corrected chi connectivity index (χ3v) is 3.23. The minimum Gasteiger partial charge on any atom is -0.493 e. The van der Waals surface area contributed by atoms with Gasteiger partial charge in [0.25, 0.3) is 5.91 Å². The number of aliphatic hydroxyl groups is 1. The number of aliphatic hydroxyl groups excluding tert-OH is 1. The molecule has 8 heteroatoms. The van der Waals surface area contributed by atoms with Gasteiger partial charge in [0.15, 0.2) is 17.3 Å². The SMILES string of the molecule is COc1ccc(CNC(=O)c2oc(CO)cc2C)cc1OC(F)F. The summed E-state index contributed by atoms with van der Waals surface area (Å²) in [6, 6.07) is 6.02. The topological polar surface area (TPSA) is 80.9 Å². The molecule has 0 aliphatic heterocycles. The zero-order valence-electron chi connectivity index (χ0n) is 13.1. The van der Waals surface area contributed by atoms with Crippen LogP contribution in [0, 0.1) is 6.92 Å². The second kappa shape index (κ2) is 7.78. The number of rotatable bonds is 7. The van der Waals surface area contributed by atoms with Gasteiger partial charge in [-0.3, -0.25) is 4.79 Å². The van der Waals surface area contributed by atoms with Crippen molar-refractivity contribution in [2.75, 3.05) is 7.11 Å². The van der Waals surface area contributed by atoms with Gasteiger partial charge in [-0.2, -0.15) is 8.78 Å². The number of furan rings is 1. The fourth-order valence-corrected chi connectivity index (χ4v) is 2.13. The summed E-state index contributed by atoms with van der Waals surface area (Å²) in [6.07, 6.45) is 0. The van der Waals surface area contributed by atoms with Gasteiger partial charge in [-0.1, -0.05) is 6.07 Å². The van der Waals surface area contributed by atoms with Crippen molar-refractivity contribution in [3.63, 3.8) is 0 Å². The Morgan fingerprint density at radius 1 is 1.33 bits per heavy atom. The fraction of sp³-hybridized carbons (Fsp3) is 0.312. The number of methoxy groups -OCH3 is 1. The maximum Gasteiger partial charge on any atom is 0.387 e. The maximum absolute atomic E-state index is 12.4. The van der Waals surface area contributed by atoms with Crippen LogP contribution in [0.15, 0.2) is 28.7 Å². The number of alkyl halides is 2. The van der Waals surface area contributed by atoms with Crippen molar-refractivity contribution in [3.05, 3.63) is 46.9 Å². The number of nitrogens with one attached hydrogen (secondary N) is 1. The molecule has 0 saturated heterocycles. The van der Waals surface area contributed by atoms with Crippen LogP contribution in [0.4, 0.5) is 8.78 Å². The molecule has 1 amide bonds. The van der Waals surface area contributed by atoms with E-state index in [-0.39, 0.29) is 36.2 Å². The van der Waals surface area contributed by atoms with Gasteiger partial charge in [-0.15, -0.1) is 0 Å². The fourth-order valence-electron chi connectivity index (χ4n) is 2.13. The molecule has 2 aromatic rings. The van der Waals surface area contributed by atoms with Crippen LogP contribution in [0.5, 0.6) is 11.5 Å². The zero-order valence-corrected chi connectivity index (χ0v) is 13.1. The van der Waals surface area contributed by atoms with Crippen molar-refractivity contribution in [1.29, 1.82) is 0 Å². The van der Waals surface area contributed by atoms with Crippen molar-refractivity contribution in [1.82, 2.24) is 5.32 Å². The molecule has 0 unspecified atom stereocenters. The molecule has 0 saturated carbocycles. The zero-order chi connectivity index (χ0) is 17.7. The summed E-state index contributed by atoms with van der Waals surface area (Å²) in [5, 5.41) is 11.6. The van der Waals surface area contributed by atoms with E-state index in [1.54, 1.807) is 19.1 Å². The lowest BCUT2D eigenvalue weighted by Crippen LogP contribution is -2.23. The molecule has 24 heavy (non-hydrogen) atoms. The molecule has 130 valence electrons. The Balaban J connectivity index is 2.08. The first-order chi connectivity index (χ1) is 11.4. The molecule has 0 bridgehead atoms. The van der Waals surface area contributed by atoms with Crippen molar-refractivity contribution in [2.24, 2.45) is 0 Å². The summed E-state index contributed by atoms with van der Waals surface area (Å²) in [5.41, 5.74) is 1.14. The highest BCUT2D eigenvalue weighted by Gasteiger charge is 2.16. The highest BCUT2D eigenvalue weighted by Crippen LogP contribution is 2.29. The molecule has 0 fully saturated rings. The molecule has 1 aromatic carbocycles. The molecule has 1 aromatic heterocycles. The monoisotopic (exact) mass is 341 g/mol. The highest BCUT2D eigenvalue weighted by atomic mass is 19.3. The number of amides is 1. The van der Waals surface area contributed by atoms with E-state index in [0.29, 0.717) is 11.1 Å². The van der Waals surface area contributed by atoms with E-state index in [0.717, 1.165) is 0 Å². The van der Waals surface area contributed by atoms with E-state index in [1.807, 2.05) is 0 Å². The predicted octanol–water partition coefficient (Wildman–Crippen LogP) is 2.62. The van der Waals surface area contributed by atoms with E-state index < -0.39 is 12.5 Å². The van der Waals surface area contributed by atoms with E-state index in [1.165, 1.54) is 19.2 Å². The van der Waals surface area contributed by atoms with Gasteiger partial charge in [-0.25, -0.2) is 0 Å². The van der Waals surface area contributed by atoms with Crippen LogP contribution >= 0.6 is 0 Å². The Morgan fingerprint density at radius 2 is 2.08 bits per heavy atom. The summed E-state index contributed by atoms with van der Waals surface area (Å²) in [5.74, 6) is -0.0403. The molecule has 0 aliphatic carbocycles. The maximum atomic E-state index is 12.4. The number of aryl methyl sites for hydroxylation is 1. The van der Waals surface area contributed by atoms with Crippen molar-refractivity contribution in [3.8, 4) is 11.5 Å². The summed E-state index contributed by atoms with van der Waals surface area (Å²) < 4.78 is 39.4. The van der Waals surface area contributed by atoms with Crippen LogP contribution in [0.1, 0.15) is 27.4 Å². The minimum atomic E-state index is -2.98. The number of carbonyl (C=O) groups is 1. The van der Waals surface area contributed by atoms with Crippen molar-refractivity contribution in [2.45, 2.75) is 26.7 Å². The molecular formula is C16H17F2NO5. The largest absolute Gasteiger partial charge is 0.493 e. The molecule has 1 heterocycles. The Hall–Kier alpha value is -2.61. The van der Waals surface area contributed by atoms with Crippen molar-refractivity contribution < 1.29 is 32.6 Å². The lowest BCUT2D eigenvalue weighted by atomic mass is 10.2. The quantitative estimate of drug-likeness (QED) is 0.809. The standard InChI is InChI=1S/C16H17F2NO5/c1-9-5-11(8-20)23-14(9)15(21)19-7-10-3-4-12(22-2)13(6-10)24-16(17)18/h3-6,16,20H,7-8H2,1-2H3,(H,19,21). The van der Waals surface area contributed by atoms with Gasteiger partial charge < -0.3 is 24.3 Å². The van der Waals surface area contributed by atoms with E-state index in [4.69, 9.17) is 14.3 Å². The average Bonchev–Trinajstić information content (AvgIpc) is 2.93. The first kappa shape index (κ1) is 17.7. The summed E-state index contributed by atoms with van der Waals surface area (Å²) in [7, 11) is 1.34. The molecular weight excluding hydrogens is 324 g/mol. The Bertz CT molecular complexity index is 714. The van der Waals surface area contributed by atoms with Crippen LogP contribution in [0.25, 0.3) is 0 Å². The van der Waals surface area contributed by atoms with Crippen LogP contribution < -0.4 is 14.8 Å². The third-order valence-electron chi connectivity index (χ3n) is 3.23. The van der Waals surface area contributed by atoms with Crippen LogP contribution in [-0.4, -0.2) is 24.7 Å². The lowest BCUT2D eigenvalue weighted by molar-refractivity contribution is -0.0512. The number of ether oxygens (including phenoxy) is 2. The lowest BCUT2D eigenvalue weighted by Gasteiger charge is -2.12. The van der Waals surface area contributed by atoms with E-state index >= 15 is 0 Å². The van der Waals surface area contributed by atoms with Gasteiger partial charge in [-0.05, 0) is 30.7 Å². The Labute approximate surface area is 137 Å². The first-order valence-electron chi connectivity index (χ1n) is 7.04. The summed E-state index contributed by atoms with van der Waals surface area (Å²) in [6.45, 7) is -1.52. The number of carbonyl (C=O) groups excluding carboxylic acids is 1. The van der Waals surface area contributed by atoms with Crippen LogP contribution in [-0.2, 0) is 13.2 Å². The van der Waals surface area contributed by atoms with Crippen LogP contribution in [0.2, 0.25) is 0 Å². The van der Waals surface area contributed by atoms with Gasteiger partial charge in [0.2, 0.25) is 0 Å². The first-order valence-corrected chi connectivity index (χ1v) is 7.04. The summed E-state index contributed by atoms with van der Waals surface area (Å²) >= 11 is 0. The normalized spacial score (nSPS) is 10.8. The molecule has 2 N–H and O–H groups in total. The molecule has 6 nitrogen and oxygen atoms in total. The minimum absolute atomic E-state index is 0.0804. The second-order valence-corrected chi connectivity index (χ2v) is 4.93. The average molecular weight is 341 g/mol. The van der Waals surface area contributed by atoms with Crippen molar-refractivity contribution >= 4 is 5.91 Å². The van der Waals surface area contributed by atoms with Crippen LogP contribution in [0.3, 0.4) is 0 Å². The molecule has 2 rings (SSSR count). The van der Waals surface area contributed by atoms with Gasteiger partial charge in [0.1, 0.15) is 12.4 Å². The second-order valence-electron chi connectivity index (χ2n) is 4.93. The van der Waals surface area contributed by atoms with E-state index in [2.05, 4.69) is 10.1 Å². The Kier molecular flexibility index (Phi) is 5.75. The number of hydrogen-bond acceptors (Lipinski definition) is 5. The molecule has 0 spiro atoms. The van der Waals surface area contributed by atoms with Gasteiger partial charge in [0.05, 0.1) is 7.11 Å². The van der Waals surface area contributed by atoms with E-state index in [9.17, 15) is 13.6 Å². The molecule has 0 radical (unpaired) electrons. The van der Waals surface area contributed by atoms with Gasteiger partial charge >= 0.3 is 6.61 Å².